The van der Waals surface area contributed by atoms with Crippen LogP contribution in [0, 0.1) is 0 Å². The van der Waals surface area contributed by atoms with Gasteiger partial charge in [-0.1, -0.05) is 23.2 Å². The molecule has 2 amide bonds. The van der Waals surface area contributed by atoms with Gasteiger partial charge in [0.25, 0.3) is 11.8 Å². The second-order valence-corrected chi connectivity index (χ2v) is 7.90. The molecule has 0 aliphatic carbocycles. The number of likely N-dealkylation sites (tertiary alicyclic amines) is 1. The van der Waals surface area contributed by atoms with E-state index >= 15 is 0 Å². The van der Waals surface area contributed by atoms with E-state index in [2.05, 4.69) is 5.32 Å². The molecule has 148 valence electrons. The van der Waals surface area contributed by atoms with Crippen LogP contribution < -0.4 is 10.2 Å². The summed E-state index contributed by atoms with van der Waals surface area (Å²) in [6.07, 6.45) is 3.20. The SMILES string of the molecule is CN(C)c1ccc(NC(=O)c2ccc(Cl)cc2Cl)cc1C(=O)N1CCCCC1. The summed E-state index contributed by atoms with van der Waals surface area (Å²) in [4.78, 5) is 29.5. The van der Waals surface area contributed by atoms with Crippen LogP contribution in [0.2, 0.25) is 10.0 Å². The Kier molecular flexibility index (Phi) is 6.47. The van der Waals surface area contributed by atoms with Crippen LogP contribution in [0.5, 0.6) is 0 Å². The van der Waals surface area contributed by atoms with E-state index < -0.39 is 0 Å². The number of benzene rings is 2. The minimum Gasteiger partial charge on any atom is -0.377 e. The molecule has 1 N–H and O–H groups in total. The lowest BCUT2D eigenvalue weighted by Crippen LogP contribution is -2.36. The largest absolute Gasteiger partial charge is 0.377 e. The van der Waals surface area contributed by atoms with Crippen molar-refractivity contribution < 1.29 is 9.59 Å². The third-order valence-electron chi connectivity index (χ3n) is 4.79. The van der Waals surface area contributed by atoms with Crippen molar-refractivity contribution >= 4 is 46.4 Å². The molecule has 1 aliphatic heterocycles. The van der Waals surface area contributed by atoms with E-state index in [1.807, 2.05) is 30.0 Å². The molecule has 5 nitrogen and oxygen atoms in total. The van der Waals surface area contributed by atoms with Crippen molar-refractivity contribution in [3.8, 4) is 0 Å². The van der Waals surface area contributed by atoms with E-state index in [4.69, 9.17) is 23.2 Å². The van der Waals surface area contributed by atoms with Gasteiger partial charge in [0.1, 0.15) is 0 Å². The molecule has 2 aromatic carbocycles. The monoisotopic (exact) mass is 419 g/mol. The maximum atomic E-state index is 13.1. The van der Waals surface area contributed by atoms with Crippen LogP contribution in [0.1, 0.15) is 40.0 Å². The fourth-order valence-corrected chi connectivity index (χ4v) is 3.81. The van der Waals surface area contributed by atoms with Gasteiger partial charge in [0.05, 0.1) is 16.1 Å². The molecule has 0 atom stereocenters. The summed E-state index contributed by atoms with van der Waals surface area (Å²) < 4.78 is 0. The maximum Gasteiger partial charge on any atom is 0.257 e. The number of hydrogen-bond acceptors (Lipinski definition) is 3. The number of halogens is 2. The molecule has 0 aromatic heterocycles. The van der Waals surface area contributed by atoms with Gasteiger partial charge < -0.3 is 15.1 Å². The molecule has 28 heavy (non-hydrogen) atoms. The van der Waals surface area contributed by atoms with Gasteiger partial charge in [-0.25, -0.2) is 0 Å². The number of anilines is 2. The Morgan fingerprint density at radius 3 is 2.32 bits per heavy atom. The zero-order chi connectivity index (χ0) is 20.3. The van der Waals surface area contributed by atoms with Gasteiger partial charge in [-0.3, -0.25) is 9.59 Å². The average Bonchev–Trinajstić information content (AvgIpc) is 2.67. The van der Waals surface area contributed by atoms with Gasteiger partial charge in [-0.2, -0.15) is 0 Å². The molecular weight excluding hydrogens is 397 g/mol. The summed E-state index contributed by atoms with van der Waals surface area (Å²) in [6.45, 7) is 1.53. The van der Waals surface area contributed by atoms with E-state index in [9.17, 15) is 9.59 Å². The topological polar surface area (TPSA) is 52.7 Å². The second kappa shape index (κ2) is 8.84. The summed E-state index contributed by atoms with van der Waals surface area (Å²) in [5.41, 5.74) is 2.26. The predicted molar refractivity (Wildman–Crippen MR) is 115 cm³/mol. The van der Waals surface area contributed by atoms with E-state index in [0.717, 1.165) is 38.0 Å². The van der Waals surface area contributed by atoms with Gasteiger partial charge in [-0.15, -0.1) is 0 Å². The molecule has 7 heteroatoms. The molecule has 0 spiro atoms. The number of amides is 2. The lowest BCUT2D eigenvalue weighted by atomic mass is 10.1. The molecule has 0 unspecified atom stereocenters. The molecule has 0 saturated carbocycles. The number of carbonyl (C=O) groups is 2. The van der Waals surface area contributed by atoms with E-state index in [1.54, 1.807) is 24.3 Å². The number of carbonyl (C=O) groups excluding carboxylic acids is 2. The lowest BCUT2D eigenvalue weighted by molar-refractivity contribution is 0.0724. The summed E-state index contributed by atoms with van der Waals surface area (Å²) in [7, 11) is 3.79. The summed E-state index contributed by atoms with van der Waals surface area (Å²) >= 11 is 12.0. The van der Waals surface area contributed by atoms with Crippen molar-refractivity contribution in [2.24, 2.45) is 0 Å². The number of nitrogens with one attached hydrogen (secondary N) is 1. The highest BCUT2D eigenvalue weighted by Gasteiger charge is 2.22. The summed E-state index contributed by atoms with van der Waals surface area (Å²) in [5.74, 6) is -0.361. The highest BCUT2D eigenvalue weighted by molar-refractivity contribution is 6.37. The molecule has 3 rings (SSSR count). The zero-order valence-electron chi connectivity index (χ0n) is 16.0. The Balaban J connectivity index is 1.87. The average molecular weight is 420 g/mol. The number of piperidine rings is 1. The van der Waals surface area contributed by atoms with Crippen molar-refractivity contribution in [2.75, 3.05) is 37.4 Å². The van der Waals surface area contributed by atoms with E-state index in [-0.39, 0.29) is 16.8 Å². The third-order valence-corrected chi connectivity index (χ3v) is 5.33. The smallest absolute Gasteiger partial charge is 0.257 e. The highest BCUT2D eigenvalue weighted by atomic mass is 35.5. The summed E-state index contributed by atoms with van der Waals surface area (Å²) in [6, 6.07) is 10.1. The molecular formula is C21H23Cl2N3O2. The zero-order valence-corrected chi connectivity index (χ0v) is 17.5. The first-order valence-corrected chi connectivity index (χ1v) is 9.99. The molecule has 0 bridgehead atoms. The molecule has 1 aliphatic rings. The van der Waals surface area contributed by atoms with Crippen LogP contribution >= 0.6 is 23.2 Å². The Labute approximate surface area is 175 Å². The first-order chi connectivity index (χ1) is 13.4. The third kappa shape index (κ3) is 4.59. The molecule has 1 fully saturated rings. The van der Waals surface area contributed by atoms with Gasteiger partial charge in [-0.05, 0) is 55.7 Å². The second-order valence-electron chi connectivity index (χ2n) is 7.06. The van der Waals surface area contributed by atoms with Gasteiger partial charge in [0.2, 0.25) is 0 Å². The number of hydrogen-bond donors (Lipinski definition) is 1. The fraction of sp³-hybridized carbons (Fsp3) is 0.333. The van der Waals surface area contributed by atoms with Crippen LogP contribution in [0.4, 0.5) is 11.4 Å². The van der Waals surface area contributed by atoms with Crippen molar-refractivity contribution in [1.82, 2.24) is 4.90 Å². The molecule has 2 aromatic rings. The fourth-order valence-electron chi connectivity index (χ4n) is 3.31. The Bertz CT molecular complexity index is 893. The maximum absolute atomic E-state index is 13.1. The Hall–Kier alpha value is -2.24. The lowest BCUT2D eigenvalue weighted by Gasteiger charge is -2.28. The minimum atomic E-state index is -0.351. The summed E-state index contributed by atoms with van der Waals surface area (Å²) in [5, 5.41) is 3.57. The molecule has 0 radical (unpaired) electrons. The number of rotatable bonds is 4. The van der Waals surface area contributed by atoms with Crippen molar-refractivity contribution in [2.45, 2.75) is 19.3 Å². The quantitative estimate of drug-likeness (QED) is 0.763. The highest BCUT2D eigenvalue weighted by Crippen LogP contribution is 2.27. The molecule has 1 heterocycles. The van der Waals surface area contributed by atoms with Crippen LogP contribution in [0.15, 0.2) is 36.4 Å². The first kappa shape index (κ1) is 20.5. The minimum absolute atomic E-state index is 0.0102. The molecule has 1 saturated heterocycles. The van der Waals surface area contributed by atoms with Gasteiger partial charge in [0.15, 0.2) is 0 Å². The Morgan fingerprint density at radius 1 is 0.964 bits per heavy atom. The van der Waals surface area contributed by atoms with Crippen molar-refractivity contribution in [1.29, 1.82) is 0 Å². The van der Waals surface area contributed by atoms with Crippen molar-refractivity contribution in [3.05, 3.63) is 57.6 Å². The van der Waals surface area contributed by atoms with Crippen molar-refractivity contribution in [3.63, 3.8) is 0 Å². The Morgan fingerprint density at radius 2 is 1.68 bits per heavy atom. The van der Waals surface area contributed by atoms with Crippen LogP contribution in [-0.4, -0.2) is 43.9 Å². The van der Waals surface area contributed by atoms with Crippen LogP contribution in [-0.2, 0) is 0 Å². The predicted octanol–water partition coefficient (Wildman–Crippen LogP) is 4.94. The first-order valence-electron chi connectivity index (χ1n) is 9.24. The van der Waals surface area contributed by atoms with Crippen LogP contribution in [0.25, 0.3) is 0 Å². The van der Waals surface area contributed by atoms with E-state index in [0.29, 0.717) is 21.8 Å². The van der Waals surface area contributed by atoms with Gasteiger partial charge >= 0.3 is 0 Å². The van der Waals surface area contributed by atoms with Gasteiger partial charge in [0, 0.05) is 43.6 Å². The van der Waals surface area contributed by atoms with Crippen LogP contribution in [0.3, 0.4) is 0 Å². The normalized spacial score (nSPS) is 13.9. The number of nitrogens with zero attached hydrogens (tertiary/aromatic N) is 2. The standard InChI is InChI=1S/C21H23Cl2N3O2/c1-25(2)19-9-7-15(13-17(19)21(28)26-10-4-3-5-11-26)24-20(27)16-8-6-14(22)12-18(16)23/h6-9,12-13H,3-5,10-11H2,1-2H3,(H,24,27). The van der Waals surface area contributed by atoms with E-state index in [1.165, 1.54) is 6.07 Å².